The summed E-state index contributed by atoms with van der Waals surface area (Å²) in [5, 5.41) is 0. The van der Waals surface area contributed by atoms with Crippen molar-refractivity contribution >= 4 is 11.8 Å². The summed E-state index contributed by atoms with van der Waals surface area (Å²) < 4.78 is 5.67. The van der Waals surface area contributed by atoms with Gasteiger partial charge in [-0.05, 0) is 26.2 Å². The third kappa shape index (κ3) is 1.08. The number of imide groups is 1. The number of rotatable bonds is 2. The number of likely N-dealkylation sites (tertiary alicyclic amines) is 1. The van der Waals surface area contributed by atoms with Crippen LogP contribution in [0.25, 0.3) is 0 Å². The van der Waals surface area contributed by atoms with Crippen molar-refractivity contribution in [3.05, 3.63) is 0 Å². The minimum absolute atomic E-state index is 0.0107. The fourth-order valence-electron chi connectivity index (χ4n) is 3.35. The maximum Gasteiger partial charge on any atom is 0.236 e. The second-order valence-corrected chi connectivity index (χ2v) is 5.15. The summed E-state index contributed by atoms with van der Waals surface area (Å²) in [6.45, 7) is 3.95. The second kappa shape index (κ2) is 3.29. The molecule has 3 aliphatic heterocycles. The van der Waals surface area contributed by atoms with Crippen LogP contribution in [-0.4, -0.2) is 35.0 Å². The van der Waals surface area contributed by atoms with Crippen molar-refractivity contribution in [1.29, 1.82) is 0 Å². The van der Waals surface area contributed by atoms with Gasteiger partial charge >= 0.3 is 0 Å². The Kier molecular flexibility index (Phi) is 2.11. The number of carbonyl (C=O) groups excluding carboxylic acids is 2. The molecule has 0 aromatic heterocycles. The third-order valence-corrected chi connectivity index (χ3v) is 4.35. The van der Waals surface area contributed by atoms with Gasteiger partial charge in [0.1, 0.15) is 0 Å². The van der Waals surface area contributed by atoms with Gasteiger partial charge in [0.15, 0.2) is 0 Å². The van der Waals surface area contributed by atoms with Crippen LogP contribution >= 0.6 is 0 Å². The van der Waals surface area contributed by atoms with E-state index >= 15 is 0 Å². The van der Waals surface area contributed by atoms with Gasteiger partial charge in [0.05, 0.1) is 24.0 Å². The van der Waals surface area contributed by atoms with Crippen LogP contribution in [0.5, 0.6) is 0 Å². The predicted molar refractivity (Wildman–Crippen MR) is 56.5 cm³/mol. The molecule has 4 nitrogen and oxygen atoms in total. The molecule has 3 fully saturated rings. The highest BCUT2D eigenvalue weighted by Gasteiger charge is 2.62. The van der Waals surface area contributed by atoms with Crippen LogP contribution in [0.1, 0.15) is 33.1 Å². The van der Waals surface area contributed by atoms with E-state index in [1.54, 1.807) is 0 Å². The van der Waals surface area contributed by atoms with Gasteiger partial charge in [-0.2, -0.15) is 0 Å². The summed E-state index contributed by atoms with van der Waals surface area (Å²) in [5.74, 6) is -0.311. The Morgan fingerprint density at radius 2 is 1.75 bits per heavy atom. The van der Waals surface area contributed by atoms with Crippen LogP contribution in [0, 0.1) is 11.8 Å². The fraction of sp³-hybridized carbons (Fsp3) is 0.833. The van der Waals surface area contributed by atoms with Crippen LogP contribution in [0.3, 0.4) is 0 Å². The highest BCUT2D eigenvalue weighted by molar-refractivity contribution is 6.06. The Bertz CT molecular complexity index is 326. The zero-order valence-corrected chi connectivity index (χ0v) is 9.68. The highest BCUT2D eigenvalue weighted by Crippen LogP contribution is 2.48. The number of fused-ring (bicyclic) bond motifs is 5. The minimum Gasteiger partial charge on any atom is -0.373 e. The number of hydrogen-bond donors (Lipinski definition) is 0. The van der Waals surface area contributed by atoms with E-state index in [0.717, 1.165) is 19.3 Å². The first-order chi connectivity index (χ1) is 7.65. The van der Waals surface area contributed by atoms with Gasteiger partial charge in [0, 0.05) is 6.04 Å². The van der Waals surface area contributed by atoms with Crippen LogP contribution in [0.4, 0.5) is 0 Å². The molecule has 2 amide bonds. The van der Waals surface area contributed by atoms with Crippen molar-refractivity contribution in [2.75, 3.05) is 0 Å². The molecule has 2 bridgehead atoms. The van der Waals surface area contributed by atoms with Crippen molar-refractivity contribution < 1.29 is 14.3 Å². The molecule has 0 aromatic carbocycles. The van der Waals surface area contributed by atoms with E-state index in [2.05, 4.69) is 0 Å². The van der Waals surface area contributed by atoms with E-state index in [-0.39, 0.29) is 41.9 Å². The molecule has 0 radical (unpaired) electrons. The Balaban J connectivity index is 1.92. The quantitative estimate of drug-likeness (QED) is 0.655. The number of ether oxygens (including phenoxy) is 1. The molecule has 5 atom stereocenters. The van der Waals surface area contributed by atoms with Crippen LogP contribution < -0.4 is 0 Å². The summed E-state index contributed by atoms with van der Waals surface area (Å²) in [4.78, 5) is 25.9. The smallest absolute Gasteiger partial charge is 0.236 e. The van der Waals surface area contributed by atoms with Crippen molar-refractivity contribution in [1.82, 2.24) is 4.90 Å². The van der Waals surface area contributed by atoms with Crippen molar-refractivity contribution in [2.45, 2.75) is 51.4 Å². The normalized spacial score (nSPS) is 43.0. The lowest BCUT2D eigenvalue weighted by Gasteiger charge is -2.23. The Labute approximate surface area is 94.9 Å². The van der Waals surface area contributed by atoms with Crippen molar-refractivity contribution in [3.8, 4) is 0 Å². The molecule has 0 N–H and O–H groups in total. The van der Waals surface area contributed by atoms with Gasteiger partial charge in [-0.25, -0.2) is 0 Å². The van der Waals surface area contributed by atoms with Gasteiger partial charge in [0.2, 0.25) is 11.8 Å². The SMILES string of the molecule is CCC(C)N1C(=O)C2C(C1=O)[C@H]1CC[C@H]2O1. The first-order valence-corrected chi connectivity index (χ1v) is 6.17. The first kappa shape index (κ1) is 10.3. The van der Waals surface area contributed by atoms with E-state index in [1.807, 2.05) is 13.8 Å². The van der Waals surface area contributed by atoms with Crippen molar-refractivity contribution in [2.24, 2.45) is 11.8 Å². The second-order valence-electron chi connectivity index (χ2n) is 5.15. The third-order valence-electron chi connectivity index (χ3n) is 4.35. The zero-order chi connectivity index (χ0) is 11.4. The lowest BCUT2D eigenvalue weighted by atomic mass is 9.81. The summed E-state index contributed by atoms with van der Waals surface area (Å²) in [5.41, 5.74) is 0. The van der Waals surface area contributed by atoms with Crippen LogP contribution in [-0.2, 0) is 14.3 Å². The molecular formula is C12H17NO3. The molecule has 0 aliphatic carbocycles. The summed E-state index contributed by atoms with van der Waals surface area (Å²) >= 11 is 0. The van der Waals surface area contributed by atoms with E-state index in [0.29, 0.717) is 0 Å². The summed E-state index contributed by atoms with van der Waals surface area (Å²) in [7, 11) is 0. The topological polar surface area (TPSA) is 46.6 Å². The van der Waals surface area contributed by atoms with E-state index in [1.165, 1.54) is 4.90 Å². The monoisotopic (exact) mass is 223 g/mol. The molecule has 3 aliphatic rings. The highest BCUT2D eigenvalue weighted by atomic mass is 16.5. The average molecular weight is 223 g/mol. The van der Waals surface area contributed by atoms with Gasteiger partial charge in [-0.15, -0.1) is 0 Å². The molecule has 0 saturated carbocycles. The number of hydrogen-bond acceptors (Lipinski definition) is 3. The fourth-order valence-corrected chi connectivity index (χ4v) is 3.35. The minimum atomic E-state index is -0.166. The summed E-state index contributed by atoms with van der Waals surface area (Å²) in [6, 6.07) is 0.0324. The molecule has 88 valence electrons. The Morgan fingerprint density at radius 1 is 1.25 bits per heavy atom. The first-order valence-electron chi connectivity index (χ1n) is 6.17. The number of nitrogens with zero attached hydrogens (tertiary/aromatic N) is 1. The van der Waals surface area contributed by atoms with E-state index in [4.69, 9.17) is 4.74 Å². The Morgan fingerprint density at radius 3 is 2.19 bits per heavy atom. The van der Waals surface area contributed by atoms with Crippen LogP contribution in [0.15, 0.2) is 0 Å². The molecule has 3 heterocycles. The Hall–Kier alpha value is -0.900. The van der Waals surface area contributed by atoms with E-state index in [9.17, 15) is 9.59 Å². The maximum absolute atomic E-state index is 12.2. The van der Waals surface area contributed by atoms with Gasteiger partial charge in [-0.3, -0.25) is 14.5 Å². The zero-order valence-electron chi connectivity index (χ0n) is 9.68. The van der Waals surface area contributed by atoms with Crippen LogP contribution in [0.2, 0.25) is 0 Å². The standard InChI is InChI=1S/C12H17NO3/c1-3-6(2)13-11(14)9-7-4-5-8(16-7)10(9)12(13)15/h6-10H,3-5H2,1-2H3/t6?,7-,8-,9?,10?/m1/s1. The van der Waals surface area contributed by atoms with Gasteiger partial charge in [0.25, 0.3) is 0 Å². The van der Waals surface area contributed by atoms with Gasteiger partial charge in [-0.1, -0.05) is 6.92 Å². The largest absolute Gasteiger partial charge is 0.373 e. The summed E-state index contributed by atoms with van der Waals surface area (Å²) in [6.07, 6.45) is 2.74. The number of amides is 2. The molecule has 3 saturated heterocycles. The van der Waals surface area contributed by atoms with E-state index < -0.39 is 0 Å². The van der Waals surface area contributed by atoms with Gasteiger partial charge < -0.3 is 4.74 Å². The molecule has 4 heteroatoms. The molecule has 3 unspecified atom stereocenters. The molecule has 3 rings (SSSR count). The lowest BCUT2D eigenvalue weighted by molar-refractivity contribution is -0.145. The maximum atomic E-state index is 12.2. The molecule has 0 spiro atoms. The number of carbonyl (C=O) groups is 2. The molecule has 16 heavy (non-hydrogen) atoms. The molecular weight excluding hydrogens is 206 g/mol. The molecule has 0 aromatic rings. The predicted octanol–water partition coefficient (Wildman–Crippen LogP) is 0.947. The average Bonchev–Trinajstić information content (AvgIpc) is 2.92. The van der Waals surface area contributed by atoms with Crippen molar-refractivity contribution in [3.63, 3.8) is 0 Å². The lowest BCUT2D eigenvalue weighted by Crippen LogP contribution is -2.40.